The highest BCUT2D eigenvalue weighted by Crippen LogP contribution is 2.20. The van der Waals surface area contributed by atoms with Crippen LogP contribution in [-0.4, -0.2) is 26.6 Å². The number of aromatic nitrogens is 4. The number of aryl methyl sites for hydroxylation is 3. The molecule has 5 heteroatoms. The highest BCUT2D eigenvalue weighted by Gasteiger charge is 2.18. The minimum absolute atomic E-state index is 0.0917. The summed E-state index contributed by atoms with van der Waals surface area (Å²) in [5, 5.41) is 12.2. The van der Waals surface area contributed by atoms with E-state index in [-0.39, 0.29) is 6.04 Å². The first-order valence-electron chi connectivity index (χ1n) is 5.85. The summed E-state index contributed by atoms with van der Waals surface area (Å²) < 4.78 is 3.74. The second kappa shape index (κ2) is 4.71. The fourth-order valence-electron chi connectivity index (χ4n) is 2.02. The third kappa shape index (κ3) is 2.24. The minimum Gasteiger partial charge on any atom is -0.307 e. The molecule has 0 bridgehead atoms. The highest BCUT2D eigenvalue weighted by atomic mass is 15.3. The molecule has 1 N–H and O–H groups in total. The van der Waals surface area contributed by atoms with Crippen LogP contribution in [0.4, 0.5) is 0 Å². The van der Waals surface area contributed by atoms with Crippen molar-refractivity contribution in [3.63, 3.8) is 0 Å². The molecule has 1 unspecified atom stereocenters. The fourth-order valence-corrected chi connectivity index (χ4v) is 2.02. The Morgan fingerprint density at radius 1 is 1.35 bits per heavy atom. The molecule has 2 heterocycles. The normalized spacial score (nSPS) is 12.9. The van der Waals surface area contributed by atoms with E-state index >= 15 is 0 Å². The Kier molecular flexibility index (Phi) is 3.28. The Hall–Kier alpha value is -1.62. The Bertz CT molecular complexity index is 497. The van der Waals surface area contributed by atoms with Gasteiger partial charge in [-0.05, 0) is 25.6 Å². The van der Waals surface area contributed by atoms with Crippen molar-refractivity contribution in [2.24, 2.45) is 14.1 Å². The molecule has 0 aliphatic heterocycles. The van der Waals surface area contributed by atoms with Crippen LogP contribution in [0.2, 0.25) is 0 Å². The van der Waals surface area contributed by atoms with Crippen LogP contribution in [0.25, 0.3) is 0 Å². The number of rotatable bonds is 4. The maximum Gasteiger partial charge on any atom is 0.0938 e. The Morgan fingerprint density at radius 2 is 2.12 bits per heavy atom. The van der Waals surface area contributed by atoms with Gasteiger partial charge in [-0.1, -0.05) is 6.92 Å². The summed E-state index contributed by atoms with van der Waals surface area (Å²) in [5.41, 5.74) is 3.27. The van der Waals surface area contributed by atoms with Gasteiger partial charge in [0.1, 0.15) is 0 Å². The van der Waals surface area contributed by atoms with Crippen molar-refractivity contribution in [3.8, 4) is 0 Å². The van der Waals surface area contributed by atoms with Crippen LogP contribution in [-0.2, 0) is 20.5 Å². The van der Waals surface area contributed by atoms with E-state index in [1.54, 1.807) is 0 Å². The van der Waals surface area contributed by atoms with Gasteiger partial charge in [0.25, 0.3) is 0 Å². The van der Waals surface area contributed by atoms with Crippen LogP contribution >= 0.6 is 0 Å². The molecule has 2 aromatic rings. The molecule has 0 amide bonds. The van der Waals surface area contributed by atoms with E-state index in [1.165, 1.54) is 0 Å². The van der Waals surface area contributed by atoms with Gasteiger partial charge < -0.3 is 5.32 Å². The number of nitrogens with zero attached hydrogens (tertiary/aromatic N) is 4. The molecule has 92 valence electrons. The van der Waals surface area contributed by atoms with Crippen molar-refractivity contribution in [1.82, 2.24) is 24.9 Å². The molecule has 0 fully saturated rings. The minimum atomic E-state index is 0.0917. The second-order valence-electron chi connectivity index (χ2n) is 4.17. The zero-order valence-electron chi connectivity index (χ0n) is 10.8. The van der Waals surface area contributed by atoms with Gasteiger partial charge in [-0.3, -0.25) is 9.36 Å². The molecule has 0 aliphatic carbocycles. The molecule has 0 radical (unpaired) electrons. The summed E-state index contributed by atoms with van der Waals surface area (Å²) in [7, 11) is 5.84. The van der Waals surface area contributed by atoms with Crippen LogP contribution < -0.4 is 5.32 Å². The van der Waals surface area contributed by atoms with Crippen molar-refractivity contribution >= 4 is 0 Å². The molecule has 1 atom stereocenters. The summed E-state index contributed by atoms with van der Waals surface area (Å²) in [6.45, 7) is 2.11. The number of hydrogen-bond acceptors (Lipinski definition) is 3. The first-order chi connectivity index (χ1) is 8.15. The zero-order valence-corrected chi connectivity index (χ0v) is 10.8. The molecule has 0 saturated heterocycles. The van der Waals surface area contributed by atoms with E-state index in [0.29, 0.717) is 0 Å². The predicted octanol–water partition coefficient (Wildman–Crippen LogP) is 1.02. The van der Waals surface area contributed by atoms with Crippen LogP contribution in [0, 0.1) is 0 Å². The monoisotopic (exact) mass is 233 g/mol. The third-order valence-corrected chi connectivity index (χ3v) is 2.94. The molecule has 0 saturated carbocycles. The Labute approximate surface area is 101 Å². The smallest absolute Gasteiger partial charge is 0.0938 e. The van der Waals surface area contributed by atoms with Crippen molar-refractivity contribution in [2.45, 2.75) is 19.4 Å². The quantitative estimate of drug-likeness (QED) is 0.858. The van der Waals surface area contributed by atoms with Gasteiger partial charge >= 0.3 is 0 Å². The first-order valence-corrected chi connectivity index (χ1v) is 5.85. The van der Waals surface area contributed by atoms with E-state index in [0.717, 1.165) is 23.5 Å². The standard InChI is InChI=1S/C12H19N5/c1-5-9-8-11(17(4)14-9)12(13-2)10-6-7-16(3)15-10/h6-8,12-13H,5H2,1-4H3. The SMILES string of the molecule is CCc1cc(C(NC)c2ccn(C)n2)n(C)n1. The molecule has 2 rings (SSSR count). The van der Waals surface area contributed by atoms with E-state index < -0.39 is 0 Å². The molecular formula is C12H19N5. The van der Waals surface area contributed by atoms with Gasteiger partial charge in [0, 0.05) is 20.3 Å². The molecule has 0 aromatic carbocycles. The number of nitrogens with one attached hydrogen (secondary N) is 1. The van der Waals surface area contributed by atoms with Gasteiger partial charge in [0.2, 0.25) is 0 Å². The van der Waals surface area contributed by atoms with Crippen LogP contribution in [0.15, 0.2) is 18.3 Å². The molecular weight excluding hydrogens is 214 g/mol. The lowest BCUT2D eigenvalue weighted by Crippen LogP contribution is -2.21. The van der Waals surface area contributed by atoms with Crippen molar-refractivity contribution in [1.29, 1.82) is 0 Å². The van der Waals surface area contributed by atoms with E-state index in [9.17, 15) is 0 Å². The number of hydrogen-bond donors (Lipinski definition) is 1. The fraction of sp³-hybridized carbons (Fsp3) is 0.500. The largest absolute Gasteiger partial charge is 0.307 e. The van der Waals surface area contributed by atoms with Gasteiger partial charge in [-0.15, -0.1) is 0 Å². The molecule has 5 nitrogen and oxygen atoms in total. The average Bonchev–Trinajstić information content (AvgIpc) is 2.88. The maximum absolute atomic E-state index is 4.47. The summed E-state index contributed by atoms with van der Waals surface area (Å²) in [6.07, 6.45) is 2.91. The predicted molar refractivity (Wildman–Crippen MR) is 66.7 cm³/mol. The molecule has 17 heavy (non-hydrogen) atoms. The second-order valence-corrected chi connectivity index (χ2v) is 4.17. The van der Waals surface area contributed by atoms with Gasteiger partial charge in [-0.2, -0.15) is 10.2 Å². The summed E-state index contributed by atoms with van der Waals surface area (Å²) >= 11 is 0. The lowest BCUT2D eigenvalue weighted by Gasteiger charge is -2.13. The molecule has 2 aromatic heterocycles. The average molecular weight is 233 g/mol. The van der Waals surface area contributed by atoms with Gasteiger partial charge in [-0.25, -0.2) is 0 Å². The summed E-state index contributed by atoms with van der Waals surface area (Å²) in [4.78, 5) is 0. The van der Waals surface area contributed by atoms with Crippen LogP contribution in [0.1, 0.15) is 30.0 Å². The lowest BCUT2D eigenvalue weighted by molar-refractivity contribution is 0.581. The lowest BCUT2D eigenvalue weighted by atomic mass is 10.1. The topological polar surface area (TPSA) is 47.7 Å². The first kappa shape index (κ1) is 11.9. The Morgan fingerprint density at radius 3 is 2.59 bits per heavy atom. The van der Waals surface area contributed by atoms with Crippen LogP contribution in [0.5, 0.6) is 0 Å². The van der Waals surface area contributed by atoms with E-state index in [4.69, 9.17) is 0 Å². The molecule has 0 aliphatic rings. The van der Waals surface area contributed by atoms with Gasteiger partial charge in [0.15, 0.2) is 0 Å². The van der Waals surface area contributed by atoms with Crippen molar-refractivity contribution in [3.05, 3.63) is 35.4 Å². The van der Waals surface area contributed by atoms with Gasteiger partial charge in [0.05, 0.1) is 23.1 Å². The Balaban J connectivity index is 2.37. The third-order valence-electron chi connectivity index (χ3n) is 2.94. The van der Waals surface area contributed by atoms with E-state index in [1.807, 2.05) is 42.8 Å². The summed E-state index contributed by atoms with van der Waals surface area (Å²) in [5.74, 6) is 0. The summed E-state index contributed by atoms with van der Waals surface area (Å²) in [6, 6.07) is 4.25. The van der Waals surface area contributed by atoms with E-state index in [2.05, 4.69) is 28.5 Å². The van der Waals surface area contributed by atoms with Crippen molar-refractivity contribution < 1.29 is 0 Å². The zero-order chi connectivity index (χ0) is 12.4. The highest BCUT2D eigenvalue weighted by molar-refractivity contribution is 5.23. The maximum atomic E-state index is 4.47. The molecule has 0 spiro atoms. The van der Waals surface area contributed by atoms with Crippen molar-refractivity contribution in [2.75, 3.05) is 7.05 Å². The van der Waals surface area contributed by atoms with Crippen LogP contribution in [0.3, 0.4) is 0 Å².